The quantitative estimate of drug-likeness (QED) is 0.531. The van der Waals surface area contributed by atoms with E-state index in [0.29, 0.717) is 16.0 Å². The zero-order valence-corrected chi connectivity index (χ0v) is 18.3. The number of likely N-dealkylation sites (tertiary alicyclic amines) is 2. The Morgan fingerprint density at radius 3 is 2.38 bits per heavy atom. The lowest BCUT2D eigenvalue weighted by Crippen LogP contribution is -2.34. The Hall–Kier alpha value is -1.13. The normalized spacial score (nSPS) is 21.7. The molecule has 0 aliphatic carbocycles. The lowest BCUT2D eigenvalue weighted by atomic mass is 9.89. The third-order valence-electron chi connectivity index (χ3n) is 6.58. The van der Waals surface area contributed by atoms with Crippen molar-refractivity contribution in [2.45, 2.75) is 38.1 Å². The molecule has 2 aromatic rings. The van der Waals surface area contributed by atoms with E-state index in [9.17, 15) is 4.39 Å². The van der Waals surface area contributed by atoms with Gasteiger partial charge in [-0.3, -0.25) is 4.90 Å². The molecule has 0 aromatic heterocycles. The highest BCUT2D eigenvalue weighted by atomic mass is 35.5. The number of piperidine rings is 1. The van der Waals surface area contributed by atoms with Crippen molar-refractivity contribution in [3.8, 4) is 0 Å². The van der Waals surface area contributed by atoms with Crippen molar-refractivity contribution < 1.29 is 4.39 Å². The molecule has 2 aliphatic rings. The Labute approximate surface area is 183 Å². The number of nitrogens with zero attached hydrogens (tertiary/aromatic N) is 2. The van der Waals surface area contributed by atoms with Crippen molar-refractivity contribution in [3.05, 3.63) is 69.5 Å². The number of halogens is 3. The van der Waals surface area contributed by atoms with Gasteiger partial charge in [0.15, 0.2) is 0 Å². The van der Waals surface area contributed by atoms with Gasteiger partial charge < -0.3 is 4.90 Å². The molecule has 1 atom stereocenters. The average Bonchev–Trinajstić information content (AvgIpc) is 3.18. The number of hydrogen-bond donors (Lipinski definition) is 0. The Bertz CT molecular complexity index is 803. The summed E-state index contributed by atoms with van der Waals surface area (Å²) in [7, 11) is 0. The van der Waals surface area contributed by atoms with Crippen molar-refractivity contribution in [1.82, 2.24) is 9.80 Å². The largest absolute Gasteiger partial charge is 0.303 e. The molecule has 29 heavy (non-hydrogen) atoms. The highest BCUT2D eigenvalue weighted by Crippen LogP contribution is 2.30. The number of rotatable bonds is 6. The molecule has 0 saturated carbocycles. The van der Waals surface area contributed by atoms with Gasteiger partial charge in [0.1, 0.15) is 5.82 Å². The fraction of sp³-hybridized carbons (Fsp3) is 0.500. The summed E-state index contributed by atoms with van der Waals surface area (Å²) in [6.07, 6.45) is 4.89. The van der Waals surface area contributed by atoms with Crippen LogP contribution in [0.4, 0.5) is 4.39 Å². The van der Waals surface area contributed by atoms with Crippen LogP contribution in [0.2, 0.25) is 10.0 Å². The topological polar surface area (TPSA) is 6.48 Å². The smallest absolute Gasteiger partial charge is 0.123 e. The van der Waals surface area contributed by atoms with E-state index in [1.54, 1.807) is 12.1 Å². The molecule has 2 fully saturated rings. The Morgan fingerprint density at radius 1 is 0.897 bits per heavy atom. The molecule has 0 spiro atoms. The van der Waals surface area contributed by atoms with E-state index in [2.05, 4.69) is 15.9 Å². The minimum absolute atomic E-state index is 0.144. The van der Waals surface area contributed by atoms with Gasteiger partial charge in [-0.2, -0.15) is 0 Å². The molecule has 0 unspecified atom stereocenters. The van der Waals surface area contributed by atoms with Gasteiger partial charge in [-0.25, -0.2) is 4.39 Å². The van der Waals surface area contributed by atoms with Crippen LogP contribution in [0.5, 0.6) is 0 Å². The molecule has 0 bridgehead atoms. The lowest BCUT2D eigenvalue weighted by molar-refractivity contribution is 0.197. The monoisotopic (exact) mass is 434 g/mol. The molecule has 2 heterocycles. The molecule has 5 heteroatoms. The van der Waals surface area contributed by atoms with Crippen molar-refractivity contribution in [2.75, 3.05) is 32.7 Å². The molecule has 4 rings (SSSR count). The highest BCUT2D eigenvalue weighted by molar-refractivity contribution is 6.42. The summed E-state index contributed by atoms with van der Waals surface area (Å²) in [5.74, 6) is 1.20. The van der Waals surface area contributed by atoms with Crippen LogP contribution in [-0.4, -0.2) is 42.5 Å². The van der Waals surface area contributed by atoms with Crippen LogP contribution < -0.4 is 0 Å². The lowest BCUT2D eigenvalue weighted by Gasteiger charge is -2.32. The first-order valence-corrected chi connectivity index (χ1v) is 11.5. The molecule has 0 N–H and O–H groups in total. The fourth-order valence-corrected chi connectivity index (χ4v) is 5.17. The van der Waals surface area contributed by atoms with Gasteiger partial charge in [-0.05, 0) is 93.0 Å². The SMILES string of the molecule is Fc1ccc(C2CCN(CC[C@H]3CCN(Cc4cccc(Cl)c4Cl)C3)CC2)cc1. The summed E-state index contributed by atoms with van der Waals surface area (Å²) in [5, 5.41) is 1.34. The molecule has 2 saturated heterocycles. The van der Waals surface area contributed by atoms with Crippen LogP contribution in [0, 0.1) is 11.7 Å². The van der Waals surface area contributed by atoms with Crippen molar-refractivity contribution in [2.24, 2.45) is 5.92 Å². The van der Waals surface area contributed by atoms with Crippen LogP contribution in [0.1, 0.15) is 42.7 Å². The van der Waals surface area contributed by atoms with Crippen molar-refractivity contribution in [1.29, 1.82) is 0 Å². The standard InChI is InChI=1S/C24H29Cl2FN2/c25-23-3-1-2-21(24(23)26)17-29-13-9-18(16-29)8-12-28-14-10-20(11-15-28)19-4-6-22(27)7-5-19/h1-7,18,20H,8-17H2/t18-/m0/s1. The highest BCUT2D eigenvalue weighted by Gasteiger charge is 2.25. The predicted octanol–water partition coefficient (Wildman–Crippen LogP) is 6.22. The number of benzene rings is 2. The van der Waals surface area contributed by atoms with Crippen LogP contribution in [-0.2, 0) is 6.54 Å². The molecule has 156 valence electrons. The first kappa shape index (κ1) is 21.1. The first-order valence-electron chi connectivity index (χ1n) is 10.7. The van der Waals surface area contributed by atoms with Gasteiger partial charge in [-0.15, -0.1) is 0 Å². The van der Waals surface area contributed by atoms with E-state index in [4.69, 9.17) is 23.2 Å². The third-order valence-corrected chi connectivity index (χ3v) is 7.44. The molecule has 0 radical (unpaired) electrons. The second-order valence-corrected chi connectivity index (χ2v) is 9.34. The van der Waals surface area contributed by atoms with Crippen LogP contribution in [0.25, 0.3) is 0 Å². The summed E-state index contributed by atoms with van der Waals surface area (Å²) in [5.41, 5.74) is 2.42. The maximum Gasteiger partial charge on any atom is 0.123 e. The Morgan fingerprint density at radius 2 is 1.62 bits per heavy atom. The Balaban J connectivity index is 1.19. The number of hydrogen-bond acceptors (Lipinski definition) is 2. The van der Waals surface area contributed by atoms with Crippen molar-refractivity contribution in [3.63, 3.8) is 0 Å². The van der Waals surface area contributed by atoms with Gasteiger partial charge >= 0.3 is 0 Å². The molecule has 2 aromatic carbocycles. The summed E-state index contributed by atoms with van der Waals surface area (Å²) in [4.78, 5) is 5.11. The first-order chi connectivity index (χ1) is 14.1. The average molecular weight is 435 g/mol. The summed E-state index contributed by atoms with van der Waals surface area (Å²) in [6.45, 7) is 6.66. The van der Waals surface area contributed by atoms with E-state index in [1.165, 1.54) is 37.8 Å². The van der Waals surface area contributed by atoms with Crippen LogP contribution in [0.3, 0.4) is 0 Å². The summed E-state index contributed by atoms with van der Waals surface area (Å²) >= 11 is 12.5. The molecular formula is C24H29Cl2FN2. The summed E-state index contributed by atoms with van der Waals surface area (Å²) in [6, 6.07) is 13.0. The van der Waals surface area contributed by atoms with Gasteiger partial charge in [0.25, 0.3) is 0 Å². The van der Waals surface area contributed by atoms with Crippen molar-refractivity contribution >= 4 is 23.2 Å². The minimum atomic E-state index is -0.144. The van der Waals surface area contributed by atoms with Gasteiger partial charge in [0.05, 0.1) is 10.0 Å². The maximum atomic E-state index is 13.1. The Kier molecular flexibility index (Phi) is 7.12. The molecule has 2 nitrogen and oxygen atoms in total. The third kappa shape index (κ3) is 5.52. The molecule has 0 amide bonds. The maximum absolute atomic E-state index is 13.1. The van der Waals surface area contributed by atoms with Gasteiger partial charge in [0, 0.05) is 13.1 Å². The zero-order chi connectivity index (χ0) is 20.2. The van der Waals surface area contributed by atoms with Crippen LogP contribution in [0.15, 0.2) is 42.5 Å². The second-order valence-electron chi connectivity index (χ2n) is 8.56. The predicted molar refractivity (Wildman–Crippen MR) is 119 cm³/mol. The van der Waals surface area contributed by atoms with Crippen LogP contribution >= 0.6 is 23.2 Å². The summed E-state index contributed by atoms with van der Waals surface area (Å²) < 4.78 is 13.1. The molecular weight excluding hydrogens is 406 g/mol. The van der Waals surface area contributed by atoms with E-state index < -0.39 is 0 Å². The minimum Gasteiger partial charge on any atom is -0.303 e. The zero-order valence-electron chi connectivity index (χ0n) is 16.8. The van der Waals surface area contributed by atoms with E-state index in [0.717, 1.165) is 44.2 Å². The van der Waals surface area contributed by atoms with E-state index >= 15 is 0 Å². The van der Waals surface area contributed by atoms with Gasteiger partial charge in [-0.1, -0.05) is 47.5 Å². The second kappa shape index (κ2) is 9.78. The van der Waals surface area contributed by atoms with E-state index in [-0.39, 0.29) is 5.82 Å². The van der Waals surface area contributed by atoms with Gasteiger partial charge in [0.2, 0.25) is 0 Å². The van der Waals surface area contributed by atoms with E-state index in [1.807, 2.05) is 24.3 Å². The fourth-order valence-electron chi connectivity index (χ4n) is 4.79. The molecule has 2 aliphatic heterocycles.